The number of aromatic hydroxyl groups is 1. The summed E-state index contributed by atoms with van der Waals surface area (Å²) in [5.74, 6) is 1.20. The molecule has 2 aliphatic carbocycles. The molecule has 3 rings (SSSR count). The molecule has 0 aromatic heterocycles. The van der Waals surface area contributed by atoms with Crippen LogP contribution in [0.5, 0.6) is 5.75 Å². The molecule has 2 saturated carbocycles. The maximum Gasteiger partial charge on any atom is 0.138 e. The lowest BCUT2D eigenvalue weighted by Gasteiger charge is -2.41. The van der Waals surface area contributed by atoms with Gasteiger partial charge in [-0.2, -0.15) is 0 Å². The van der Waals surface area contributed by atoms with E-state index >= 15 is 0 Å². The fraction of sp³-hybridized carbons (Fsp3) is 0.714. The quantitative estimate of drug-likeness (QED) is 0.697. The predicted octanol–water partition coefficient (Wildman–Crippen LogP) is 6.17. The van der Waals surface area contributed by atoms with Gasteiger partial charge in [0.2, 0.25) is 0 Å². The van der Waals surface area contributed by atoms with Gasteiger partial charge in [0.05, 0.1) is 0 Å². The van der Waals surface area contributed by atoms with E-state index in [1.807, 2.05) is 0 Å². The molecular formula is C21H30F2O. The lowest BCUT2D eigenvalue weighted by molar-refractivity contribution is 0.0370. The number of para-hydroxylation sites is 1. The second kappa shape index (κ2) is 7.84. The van der Waals surface area contributed by atoms with Gasteiger partial charge >= 0.3 is 0 Å². The minimum atomic E-state index is -1.49. The molecule has 134 valence electrons. The highest BCUT2D eigenvalue weighted by Crippen LogP contribution is 2.48. The van der Waals surface area contributed by atoms with E-state index < -0.39 is 18.3 Å². The Balaban J connectivity index is 1.69. The first-order chi connectivity index (χ1) is 11.6. The molecule has 0 spiro atoms. The van der Waals surface area contributed by atoms with Gasteiger partial charge in [-0.25, -0.2) is 8.78 Å². The molecule has 1 aromatic carbocycles. The second-order valence-corrected chi connectivity index (χ2v) is 7.93. The number of alkyl halides is 2. The van der Waals surface area contributed by atoms with Gasteiger partial charge < -0.3 is 5.11 Å². The maximum atomic E-state index is 14.5. The van der Waals surface area contributed by atoms with Crippen LogP contribution in [-0.4, -0.2) is 17.4 Å². The third-order valence-electron chi connectivity index (χ3n) is 6.41. The molecule has 1 aromatic rings. The summed E-state index contributed by atoms with van der Waals surface area (Å²) in [7, 11) is 0. The average Bonchev–Trinajstić information content (AvgIpc) is 2.59. The van der Waals surface area contributed by atoms with Crippen molar-refractivity contribution in [2.75, 3.05) is 0 Å². The van der Waals surface area contributed by atoms with Crippen molar-refractivity contribution in [2.24, 2.45) is 17.8 Å². The molecule has 1 N–H and O–H groups in total. The van der Waals surface area contributed by atoms with Crippen LogP contribution in [0.15, 0.2) is 24.3 Å². The Kier molecular flexibility index (Phi) is 5.78. The van der Waals surface area contributed by atoms with Crippen LogP contribution in [0.4, 0.5) is 8.78 Å². The lowest BCUT2D eigenvalue weighted by Crippen LogP contribution is -2.38. The highest BCUT2D eigenvalue weighted by Gasteiger charge is 2.43. The Labute approximate surface area is 144 Å². The fourth-order valence-corrected chi connectivity index (χ4v) is 5.06. The molecule has 24 heavy (non-hydrogen) atoms. The molecule has 2 fully saturated rings. The number of benzene rings is 1. The number of phenolic OH excluding ortho intramolecular Hbond substituents is 1. The Morgan fingerprint density at radius 3 is 2.38 bits per heavy atom. The van der Waals surface area contributed by atoms with Crippen LogP contribution in [-0.2, 0) is 0 Å². The number of halogens is 2. The molecule has 2 aliphatic rings. The summed E-state index contributed by atoms with van der Waals surface area (Å²) in [6, 6.07) is 6.86. The predicted molar refractivity (Wildman–Crippen MR) is 93.7 cm³/mol. The summed E-state index contributed by atoms with van der Waals surface area (Å²) in [6.07, 6.45) is 5.47. The van der Waals surface area contributed by atoms with Crippen LogP contribution in [0.1, 0.15) is 69.8 Å². The topological polar surface area (TPSA) is 20.2 Å². The molecule has 4 atom stereocenters. The first-order valence-electron chi connectivity index (χ1n) is 9.66. The molecule has 0 amide bonds. The van der Waals surface area contributed by atoms with Crippen LogP contribution in [0.3, 0.4) is 0 Å². The van der Waals surface area contributed by atoms with E-state index in [0.29, 0.717) is 24.3 Å². The van der Waals surface area contributed by atoms with Crippen LogP contribution in [0.2, 0.25) is 0 Å². The van der Waals surface area contributed by atoms with E-state index in [0.717, 1.165) is 18.8 Å². The molecule has 1 nitrogen and oxygen atoms in total. The highest BCUT2D eigenvalue weighted by molar-refractivity contribution is 5.36. The van der Waals surface area contributed by atoms with E-state index in [1.165, 1.54) is 25.7 Å². The lowest BCUT2D eigenvalue weighted by atomic mass is 9.66. The number of hydrogen-bond acceptors (Lipinski definition) is 1. The van der Waals surface area contributed by atoms with Crippen molar-refractivity contribution in [3.8, 4) is 5.75 Å². The van der Waals surface area contributed by atoms with E-state index in [-0.39, 0.29) is 11.7 Å². The van der Waals surface area contributed by atoms with E-state index in [9.17, 15) is 13.9 Å². The van der Waals surface area contributed by atoms with E-state index in [2.05, 4.69) is 6.92 Å². The summed E-state index contributed by atoms with van der Waals surface area (Å²) in [5, 5.41) is 10.1. The summed E-state index contributed by atoms with van der Waals surface area (Å²) in [6.45, 7) is 2.24. The van der Waals surface area contributed by atoms with Gasteiger partial charge in [0.15, 0.2) is 0 Å². The van der Waals surface area contributed by atoms with E-state index in [1.54, 1.807) is 24.3 Å². The first-order valence-corrected chi connectivity index (χ1v) is 9.66. The van der Waals surface area contributed by atoms with Crippen LogP contribution in [0, 0.1) is 17.8 Å². The van der Waals surface area contributed by atoms with Crippen LogP contribution >= 0.6 is 0 Å². The van der Waals surface area contributed by atoms with Crippen molar-refractivity contribution in [1.29, 1.82) is 0 Å². The van der Waals surface area contributed by atoms with Gasteiger partial charge in [-0.05, 0) is 55.1 Å². The zero-order valence-corrected chi connectivity index (χ0v) is 14.6. The minimum Gasteiger partial charge on any atom is -0.508 e. The van der Waals surface area contributed by atoms with Gasteiger partial charge in [-0.15, -0.1) is 0 Å². The number of phenols is 1. The monoisotopic (exact) mass is 336 g/mol. The SMILES string of the molecule is CCCC1CCC(C2CC(F)C(F)C(c3ccccc3O)C2)CC1. The molecular weight excluding hydrogens is 306 g/mol. The maximum absolute atomic E-state index is 14.5. The van der Waals surface area contributed by atoms with Crippen LogP contribution in [0.25, 0.3) is 0 Å². The molecule has 0 radical (unpaired) electrons. The third kappa shape index (κ3) is 3.75. The summed E-state index contributed by atoms with van der Waals surface area (Å²) in [4.78, 5) is 0. The normalized spacial score (nSPS) is 37.3. The summed E-state index contributed by atoms with van der Waals surface area (Å²) >= 11 is 0. The van der Waals surface area contributed by atoms with Crippen molar-refractivity contribution < 1.29 is 13.9 Å². The molecule has 4 unspecified atom stereocenters. The van der Waals surface area contributed by atoms with Crippen molar-refractivity contribution in [1.82, 2.24) is 0 Å². The Morgan fingerprint density at radius 1 is 1.00 bits per heavy atom. The Bertz CT molecular complexity index is 524. The molecule has 0 saturated heterocycles. The third-order valence-corrected chi connectivity index (χ3v) is 6.41. The van der Waals surface area contributed by atoms with E-state index in [4.69, 9.17) is 0 Å². The Morgan fingerprint density at radius 2 is 1.71 bits per heavy atom. The van der Waals surface area contributed by atoms with Gasteiger partial charge in [-0.3, -0.25) is 0 Å². The molecule has 0 heterocycles. The Hall–Kier alpha value is -1.12. The van der Waals surface area contributed by atoms with Gasteiger partial charge in [-0.1, -0.05) is 50.8 Å². The van der Waals surface area contributed by atoms with Gasteiger partial charge in [0.1, 0.15) is 18.1 Å². The number of hydrogen-bond donors (Lipinski definition) is 1. The first kappa shape index (κ1) is 17.7. The summed E-state index contributed by atoms with van der Waals surface area (Å²) in [5.41, 5.74) is 0.581. The van der Waals surface area contributed by atoms with Crippen molar-refractivity contribution in [3.05, 3.63) is 29.8 Å². The fourth-order valence-electron chi connectivity index (χ4n) is 5.06. The second-order valence-electron chi connectivity index (χ2n) is 7.93. The average molecular weight is 336 g/mol. The van der Waals surface area contributed by atoms with Crippen molar-refractivity contribution in [3.63, 3.8) is 0 Å². The zero-order valence-electron chi connectivity index (χ0n) is 14.6. The van der Waals surface area contributed by atoms with Crippen molar-refractivity contribution >= 4 is 0 Å². The zero-order chi connectivity index (χ0) is 17.1. The largest absolute Gasteiger partial charge is 0.508 e. The van der Waals surface area contributed by atoms with Crippen LogP contribution < -0.4 is 0 Å². The molecule has 0 aliphatic heterocycles. The minimum absolute atomic E-state index is 0.102. The molecule has 3 heteroatoms. The standard InChI is InChI=1S/C21H30F2O/c1-2-5-14-8-10-15(11-9-14)16-12-18(21(23)19(22)13-16)17-6-3-4-7-20(17)24/h3-4,6-7,14-16,18-19,21,24H,2,5,8-13H2,1H3. The number of rotatable bonds is 4. The smallest absolute Gasteiger partial charge is 0.138 e. The summed E-state index contributed by atoms with van der Waals surface area (Å²) < 4.78 is 28.9. The van der Waals surface area contributed by atoms with Gasteiger partial charge in [0.25, 0.3) is 0 Å². The van der Waals surface area contributed by atoms with Gasteiger partial charge in [0, 0.05) is 5.92 Å². The van der Waals surface area contributed by atoms with Crippen molar-refractivity contribution in [2.45, 2.75) is 76.6 Å². The molecule has 0 bridgehead atoms. The highest BCUT2D eigenvalue weighted by atomic mass is 19.2.